The summed E-state index contributed by atoms with van der Waals surface area (Å²) in [5, 5.41) is 12.0. The second-order valence-corrected chi connectivity index (χ2v) is 14.9. The van der Waals surface area contributed by atoms with E-state index in [0.717, 1.165) is 19.3 Å². The van der Waals surface area contributed by atoms with Crippen molar-refractivity contribution in [1.82, 2.24) is 0 Å². The molecule has 136 valence electrons. The molecule has 3 atom stereocenters. The predicted octanol–water partition coefficient (Wildman–Crippen LogP) is 5.98. The Morgan fingerprint density at radius 1 is 1.12 bits per heavy atom. The summed E-state index contributed by atoms with van der Waals surface area (Å²) in [4.78, 5) is 0. The summed E-state index contributed by atoms with van der Waals surface area (Å²) in [5.41, 5.74) is 8.37. The van der Waals surface area contributed by atoms with E-state index < -0.39 is 8.07 Å². The second kappa shape index (κ2) is 5.96. The number of rotatable bonds is 2. The van der Waals surface area contributed by atoms with Crippen molar-refractivity contribution in [3.05, 3.63) is 51.7 Å². The van der Waals surface area contributed by atoms with Crippen LogP contribution in [0.3, 0.4) is 0 Å². The Kier molecular flexibility index (Phi) is 4.45. The Morgan fingerprint density at radius 2 is 1.68 bits per heavy atom. The highest BCUT2D eigenvalue weighted by Gasteiger charge is 2.50. The Labute approximate surface area is 154 Å². The van der Waals surface area contributed by atoms with Crippen molar-refractivity contribution in [1.29, 1.82) is 0 Å². The number of hydrogen-bond acceptors (Lipinski definition) is 1. The van der Waals surface area contributed by atoms with Crippen LogP contribution in [0.5, 0.6) is 0 Å². The molecule has 0 radical (unpaired) electrons. The standard InChI is InChI=1S/C23H34OSi/c1-14-9-18(10-15(2)16(14)3)22-17(4)20-11-19(24)12-23(20,5)13-21(22)25(6,7)8/h9-10,19-20,24H,4,11-13H2,1-3,5-8H3/t19-,20+,23+/m0/s1. The molecule has 2 heteroatoms. The van der Waals surface area contributed by atoms with Gasteiger partial charge in [0.2, 0.25) is 0 Å². The first-order valence-electron chi connectivity index (χ1n) is 9.63. The van der Waals surface area contributed by atoms with Crippen LogP contribution in [0, 0.1) is 32.1 Å². The van der Waals surface area contributed by atoms with Crippen LogP contribution < -0.4 is 0 Å². The molecule has 0 aromatic heterocycles. The number of aliphatic hydroxyl groups is 1. The van der Waals surface area contributed by atoms with E-state index in [0.29, 0.717) is 5.92 Å². The molecular formula is C23H34OSi. The minimum absolute atomic E-state index is 0.171. The maximum Gasteiger partial charge on any atom is 0.0732 e. The molecule has 1 aromatic rings. The van der Waals surface area contributed by atoms with Gasteiger partial charge in [-0.1, -0.05) is 50.5 Å². The maximum absolute atomic E-state index is 10.4. The van der Waals surface area contributed by atoms with Crippen LogP contribution in [0.1, 0.15) is 48.4 Å². The fourth-order valence-corrected chi connectivity index (χ4v) is 7.11. The van der Waals surface area contributed by atoms with Gasteiger partial charge in [0, 0.05) is 0 Å². The molecule has 3 rings (SSSR count). The van der Waals surface area contributed by atoms with Crippen molar-refractivity contribution in [3.8, 4) is 0 Å². The van der Waals surface area contributed by atoms with Crippen molar-refractivity contribution in [2.24, 2.45) is 11.3 Å². The highest BCUT2D eigenvalue weighted by atomic mass is 28.3. The topological polar surface area (TPSA) is 20.2 Å². The van der Waals surface area contributed by atoms with Gasteiger partial charge in [-0.05, 0) is 84.8 Å². The first kappa shape index (κ1) is 18.7. The number of aryl methyl sites for hydroxylation is 2. The number of aliphatic hydroxyl groups excluding tert-OH is 1. The SMILES string of the molecule is C=C1C(c2cc(C)c(C)c(C)c2)=C([Si](C)(C)C)C[C@@]2(C)C[C@@H](O)C[C@H]12. The first-order chi connectivity index (χ1) is 11.4. The summed E-state index contributed by atoms with van der Waals surface area (Å²) < 4.78 is 0. The summed E-state index contributed by atoms with van der Waals surface area (Å²) in [5.74, 6) is 0.416. The zero-order chi connectivity index (χ0) is 18.7. The fourth-order valence-electron chi connectivity index (χ4n) is 5.12. The first-order valence-corrected chi connectivity index (χ1v) is 13.1. The monoisotopic (exact) mass is 354 g/mol. The normalized spacial score (nSPS) is 30.0. The van der Waals surface area contributed by atoms with Crippen LogP contribution in [-0.4, -0.2) is 19.3 Å². The molecule has 0 aliphatic heterocycles. The van der Waals surface area contributed by atoms with Crippen molar-refractivity contribution < 1.29 is 5.11 Å². The molecule has 1 saturated carbocycles. The third-order valence-corrected chi connectivity index (χ3v) is 9.03. The third kappa shape index (κ3) is 3.08. The van der Waals surface area contributed by atoms with E-state index in [2.05, 4.69) is 66.0 Å². The van der Waals surface area contributed by atoms with E-state index >= 15 is 0 Å². The quantitative estimate of drug-likeness (QED) is 0.648. The van der Waals surface area contributed by atoms with E-state index in [1.807, 2.05) is 0 Å². The van der Waals surface area contributed by atoms with Crippen LogP contribution in [0.4, 0.5) is 0 Å². The van der Waals surface area contributed by atoms with E-state index in [9.17, 15) is 5.11 Å². The molecule has 0 saturated heterocycles. The molecular weight excluding hydrogens is 320 g/mol. The summed E-state index contributed by atoms with van der Waals surface area (Å²) in [7, 11) is -1.48. The molecule has 0 spiro atoms. The predicted molar refractivity (Wildman–Crippen MR) is 112 cm³/mol. The molecule has 2 aliphatic rings. The molecule has 0 unspecified atom stereocenters. The Bertz CT molecular complexity index is 742. The van der Waals surface area contributed by atoms with Gasteiger partial charge in [0.05, 0.1) is 14.2 Å². The van der Waals surface area contributed by atoms with Crippen LogP contribution in [0.25, 0.3) is 5.57 Å². The lowest BCUT2D eigenvalue weighted by Gasteiger charge is -2.44. The van der Waals surface area contributed by atoms with E-state index in [1.165, 1.54) is 33.4 Å². The summed E-state index contributed by atoms with van der Waals surface area (Å²) in [6.45, 7) is 21.0. The molecule has 0 amide bonds. The van der Waals surface area contributed by atoms with Gasteiger partial charge >= 0.3 is 0 Å². The van der Waals surface area contributed by atoms with Gasteiger partial charge in [0.1, 0.15) is 0 Å². The molecule has 25 heavy (non-hydrogen) atoms. The van der Waals surface area contributed by atoms with Gasteiger partial charge in [-0.15, -0.1) is 0 Å². The molecule has 1 nitrogen and oxygen atoms in total. The largest absolute Gasteiger partial charge is 0.393 e. The number of allylic oxidation sites excluding steroid dienone is 3. The summed E-state index contributed by atoms with van der Waals surface area (Å²) in [6, 6.07) is 4.72. The average Bonchev–Trinajstić information content (AvgIpc) is 2.78. The van der Waals surface area contributed by atoms with Crippen molar-refractivity contribution in [2.75, 3.05) is 0 Å². The van der Waals surface area contributed by atoms with Crippen molar-refractivity contribution in [2.45, 2.75) is 72.7 Å². The number of fused-ring (bicyclic) bond motifs is 1. The molecule has 0 bridgehead atoms. The van der Waals surface area contributed by atoms with Crippen LogP contribution in [0.15, 0.2) is 29.5 Å². The van der Waals surface area contributed by atoms with Gasteiger partial charge in [-0.2, -0.15) is 0 Å². The smallest absolute Gasteiger partial charge is 0.0732 e. The van der Waals surface area contributed by atoms with E-state index in [4.69, 9.17) is 0 Å². The minimum Gasteiger partial charge on any atom is -0.393 e. The molecule has 0 heterocycles. The van der Waals surface area contributed by atoms with Crippen LogP contribution in [0.2, 0.25) is 19.6 Å². The zero-order valence-corrected chi connectivity index (χ0v) is 18.1. The van der Waals surface area contributed by atoms with Crippen molar-refractivity contribution >= 4 is 13.6 Å². The number of hydrogen-bond donors (Lipinski definition) is 1. The van der Waals surface area contributed by atoms with Gasteiger partial charge in [0.25, 0.3) is 0 Å². The van der Waals surface area contributed by atoms with Gasteiger partial charge < -0.3 is 5.11 Å². The summed E-state index contributed by atoms with van der Waals surface area (Å²) >= 11 is 0. The molecule has 2 aliphatic carbocycles. The Morgan fingerprint density at radius 3 is 2.20 bits per heavy atom. The lowest BCUT2D eigenvalue weighted by atomic mass is 9.67. The third-order valence-electron chi connectivity index (χ3n) is 6.80. The number of benzene rings is 1. The molecule has 1 N–H and O–H groups in total. The zero-order valence-electron chi connectivity index (χ0n) is 17.1. The van der Waals surface area contributed by atoms with Crippen LogP contribution in [-0.2, 0) is 0 Å². The van der Waals surface area contributed by atoms with Gasteiger partial charge in [-0.25, -0.2) is 0 Å². The fraction of sp³-hybridized carbons (Fsp3) is 0.565. The van der Waals surface area contributed by atoms with Gasteiger partial charge in [-0.3, -0.25) is 0 Å². The van der Waals surface area contributed by atoms with Gasteiger partial charge in [0.15, 0.2) is 0 Å². The Balaban J connectivity index is 2.23. The minimum atomic E-state index is -1.48. The summed E-state index contributed by atoms with van der Waals surface area (Å²) in [6.07, 6.45) is 2.76. The van der Waals surface area contributed by atoms with E-state index in [-0.39, 0.29) is 11.5 Å². The second-order valence-electron chi connectivity index (χ2n) is 9.84. The van der Waals surface area contributed by atoms with Crippen LogP contribution >= 0.6 is 0 Å². The maximum atomic E-state index is 10.4. The highest BCUT2D eigenvalue weighted by molar-refractivity contribution is 6.84. The Hall–Kier alpha value is -1.12. The lowest BCUT2D eigenvalue weighted by molar-refractivity contribution is 0.163. The van der Waals surface area contributed by atoms with E-state index in [1.54, 1.807) is 5.20 Å². The molecule has 1 fully saturated rings. The molecule has 1 aromatic carbocycles. The lowest BCUT2D eigenvalue weighted by Crippen LogP contribution is -2.37. The highest BCUT2D eigenvalue weighted by Crippen LogP contribution is 2.58. The van der Waals surface area contributed by atoms with Crippen molar-refractivity contribution in [3.63, 3.8) is 0 Å². The average molecular weight is 355 g/mol.